The number of benzene rings is 1. The van der Waals surface area contributed by atoms with E-state index in [4.69, 9.17) is 0 Å². The Hall–Kier alpha value is -2.67. The van der Waals surface area contributed by atoms with Crippen LogP contribution in [-0.4, -0.2) is 52.7 Å². The zero-order chi connectivity index (χ0) is 20.8. The van der Waals surface area contributed by atoms with Crippen molar-refractivity contribution in [1.29, 1.82) is 0 Å². The van der Waals surface area contributed by atoms with E-state index in [-0.39, 0.29) is 24.3 Å². The van der Waals surface area contributed by atoms with Crippen LogP contribution in [0.3, 0.4) is 0 Å². The molecule has 7 heteroatoms. The van der Waals surface area contributed by atoms with Gasteiger partial charge in [0.1, 0.15) is 6.04 Å². The van der Waals surface area contributed by atoms with Crippen LogP contribution in [0.25, 0.3) is 10.9 Å². The number of nitrogens with zero attached hydrogens (tertiary/aromatic N) is 2. The van der Waals surface area contributed by atoms with Crippen molar-refractivity contribution < 1.29 is 14.7 Å². The van der Waals surface area contributed by atoms with E-state index < -0.39 is 12.1 Å². The Labute approximate surface area is 171 Å². The predicted octanol–water partition coefficient (Wildman–Crippen LogP) is 3.00. The van der Waals surface area contributed by atoms with E-state index in [1.807, 2.05) is 38.1 Å². The molecule has 0 aliphatic carbocycles. The number of aliphatic hydroxyl groups excluding tert-OH is 1. The van der Waals surface area contributed by atoms with Crippen LogP contribution >= 0.6 is 0 Å². The molecule has 0 bridgehead atoms. The number of carbonyl (C=O) groups excluding carboxylic acids is 2. The molecule has 0 unspecified atom stereocenters. The van der Waals surface area contributed by atoms with Crippen molar-refractivity contribution in [2.75, 3.05) is 25.0 Å². The van der Waals surface area contributed by atoms with Gasteiger partial charge in [-0.15, -0.1) is 0 Å². The summed E-state index contributed by atoms with van der Waals surface area (Å²) in [5.41, 5.74) is 1.32. The highest BCUT2D eigenvalue weighted by Crippen LogP contribution is 2.21. The Kier molecular flexibility index (Phi) is 7.04. The van der Waals surface area contributed by atoms with E-state index in [0.717, 1.165) is 18.2 Å². The molecule has 2 heterocycles. The first-order valence-corrected chi connectivity index (χ1v) is 10.3. The highest BCUT2D eigenvalue weighted by atomic mass is 16.3. The molecule has 1 aromatic carbocycles. The Morgan fingerprint density at radius 1 is 1.21 bits per heavy atom. The van der Waals surface area contributed by atoms with Gasteiger partial charge in [-0.25, -0.2) is 4.79 Å². The van der Waals surface area contributed by atoms with Gasteiger partial charge in [0.15, 0.2) is 0 Å². The average molecular weight is 399 g/mol. The number of nitrogens with one attached hydrogen (secondary N) is 2. The standard InChI is InChI=1S/C22H30N4O3/c1-15(2)13-19(21(28)26-11-8-16(14-27)9-12-26)25-22(29)24-18-7-3-5-17-6-4-10-23-20(17)18/h3-7,10,15-16,19,27H,8-9,11-14H2,1-2H3,(H2,24,25,29)/t19-/m1/s1. The van der Waals surface area contributed by atoms with Gasteiger partial charge in [-0.2, -0.15) is 0 Å². The minimum Gasteiger partial charge on any atom is -0.396 e. The number of urea groups is 1. The van der Waals surface area contributed by atoms with Crippen LogP contribution in [0, 0.1) is 11.8 Å². The fraction of sp³-hybridized carbons (Fsp3) is 0.500. The molecule has 1 fully saturated rings. The summed E-state index contributed by atoms with van der Waals surface area (Å²) < 4.78 is 0. The average Bonchev–Trinajstić information content (AvgIpc) is 2.73. The van der Waals surface area contributed by atoms with Gasteiger partial charge in [0.05, 0.1) is 11.2 Å². The van der Waals surface area contributed by atoms with E-state index in [2.05, 4.69) is 15.6 Å². The van der Waals surface area contributed by atoms with Crippen molar-refractivity contribution in [3.63, 3.8) is 0 Å². The van der Waals surface area contributed by atoms with Gasteiger partial charge in [0, 0.05) is 31.3 Å². The Morgan fingerprint density at radius 3 is 2.62 bits per heavy atom. The number of aliphatic hydroxyl groups is 1. The normalized spacial score (nSPS) is 16.1. The molecular formula is C22H30N4O3. The largest absolute Gasteiger partial charge is 0.396 e. The van der Waals surface area contributed by atoms with E-state index >= 15 is 0 Å². The highest BCUT2D eigenvalue weighted by molar-refractivity contribution is 6.00. The summed E-state index contributed by atoms with van der Waals surface area (Å²) in [5, 5.41) is 16.0. The maximum atomic E-state index is 13.0. The Bertz CT molecular complexity index is 842. The third-order valence-corrected chi connectivity index (χ3v) is 5.38. The number of fused-ring (bicyclic) bond motifs is 1. The number of para-hydroxylation sites is 1. The molecule has 3 rings (SSSR count). The molecule has 3 amide bonds. The van der Waals surface area contributed by atoms with Crippen molar-refractivity contribution in [3.8, 4) is 0 Å². The molecule has 1 saturated heterocycles. The van der Waals surface area contributed by atoms with Crippen LogP contribution in [0.4, 0.5) is 10.5 Å². The Morgan fingerprint density at radius 2 is 1.93 bits per heavy atom. The van der Waals surface area contributed by atoms with Crippen LogP contribution in [0.5, 0.6) is 0 Å². The zero-order valence-corrected chi connectivity index (χ0v) is 17.1. The lowest BCUT2D eigenvalue weighted by Crippen LogP contribution is -2.52. The summed E-state index contributed by atoms with van der Waals surface area (Å²) in [7, 11) is 0. The maximum absolute atomic E-state index is 13.0. The molecule has 156 valence electrons. The van der Waals surface area contributed by atoms with Gasteiger partial charge < -0.3 is 20.6 Å². The second kappa shape index (κ2) is 9.69. The highest BCUT2D eigenvalue weighted by Gasteiger charge is 2.29. The number of amides is 3. The van der Waals surface area contributed by atoms with E-state index in [9.17, 15) is 14.7 Å². The quantitative estimate of drug-likeness (QED) is 0.697. The SMILES string of the molecule is CC(C)C[C@@H](NC(=O)Nc1cccc2cccnc12)C(=O)N1CCC(CO)CC1. The number of rotatable bonds is 6. The summed E-state index contributed by atoms with van der Waals surface area (Å²) in [6.45, 7) is 5.47. The Balaban J connectivity index is 1.67. The zero-order valence-electron chi connectivity index (χ0n) is 17.1. The minimum atomic E-state index is -0.580. The lowest BCUT2D eigenvalue weighted by atomic mass is 9.96. The summed E-state index contributed by atoms with van der Waals surface area (Å²) >= 11 is 0. The predicted molar refractivity (Wildman–Crippen MR) is 114 cm³/mol. The molecule has 2 aromatic rings. The topological polar surface area (TPSA) is 94.6 Å². The van der Waals surface area contributed by atoms with Gasteiger partial charge in [-0.3, -0.25) is 9.78 Å². The number of pyridine rings is 1. The molecule has 1 aliphatic heterocycles. The second-order valence-electron chi connectivity index (χ2n) is 8.11. The van der Waals surface area contributed by atoms with Gasteiger partial charge in [0.2, 0.25) is 5.91 Å². The molecule has 1 aliphatic rings. The molecular weight excluding hydrogens is 368 g/mol. The van der Waals surface area contributed by atoms with Crippen LogP contribution in [0.1, 0.15) is 33.1 Å². The summed E-state index contributed by atoms with van der Waals surface area (Å²) in [5.74, 6) is 0.470. The number of likely N-dealkylation sites (tertiary alicyclic amines) is 1. The van der Waals surface area contributed by atoms with Crippen molar-refractivity contribution in [2.24, 2.45) is 11.8 Å². The first-order chi connectivity index (χ1) is 14.0. The van der Waals surface area contributed by atoms with Gasteiger partial charge >= 0.3 is 6.03 Å². The number of hydrogen-bond acceptors (Lipinski definition) is 4. The van der Waals surface area contributed by atoms with E-state index in [1.54, 1.807) is 17.2 Å². The lowest BCUT2D eigenvalue weighted by molar-refractivity contribution is -0.135. The third-order valence-electron chi connectivity index (χ3n) is 5.38. The molecule has 3 N–H and O–H groups in total. The number of piperidine rings is 1. The summed E-state index contributed by atoms with van der Waals surface area (Å²) in [6.07, 6.45) is 3.85. The van der Waals surface area contributed by atoms with E-state index in [1.165, 1.54) is 0 Å². The van der Waals surface area contributed by atoms with Crippen LogP contribution in [0.2, 0.25) is 0 Å². The van der Waals surface area contributed by atoms with Crippen molar-refractivity contribution in [3.05, 3.63) is 36.5 Å². The van der Waals surface area contributed by atoms with Gasteiger partial charge in [-0.05, 0) is 43.2 Å². The molecule has 0 radical (unpaired) electrons. The minimum absolute atomic E-state index is 0.0544. The molecule has 0 spiro atoms. The van der Waals surface area contributed by atoms with Crippen LogP contribution in [0.15, 0.2) is 36.5 Å². The van der Waals surface area contributed by atoms with Crippen LogP contribution < -0.4 is 10.6 Å². The van der Waals surface area contributed by atoms with Crippen molar-refractivity contribution in [1.82, 2.24) is 15.2 Å². The van der Waals surface area contributed by atoms with Crippen molar-refractivity contribution in [2.45, 2.75) is 39.2 Å². The summed E-state index contributed by atoms with van der Waals surface area (Å²) in [6, 6.07) is 8.40. The number of aromatic nitrogens is 1. The smallest absolute Gasteiger partial charge is 0.319 e. The molecule has 0 saturated carbocycles. The monoisotopic (exact) mass is 398 g/mol. The number of carbonyl (C=O) groups is 2. The third kappa shape index (κ3) is 5.44. The van der Waals surface area contributed by atoms with E-state index in [0.29, 0.717) is 30.7 Å². The van der Waals surface area contributed by atoms with Crippen molar-refractivity contribution >= 4 is 28.5 Å². The second-order valence-corrected chi connectivity index (χ2v) is 8.11. The van der Waals surface area contributed by atoms with Crippen LogP contribution in [-0.2, 0) is 4.79 Å². The molecule has 1 aromatic heterocycles. The summed E-state index contributed by atoms with van der Waals surface area (Å²) in [4.78, 5) is 31.9. The van der Waals surface area contributed by atoms with Gasteiger partial charge in [-0.1, -0.05) is 32.0 Å². The molecule has 7 nitrogen and oxygen atoms in total. The number of hydrogen-bond donors (Lipinski definition) is 3. The first-order valence-electron chi connectivity index (χ1n) is 10.3. The number of anilines is 1. The lowest BCUT2D eigenvalue weighted by Gasteiger charge is -2.34. The fourth-order valence-electron chi connectivity index (χ4n) is 3.77. The molecule has 1 atom stereocenters. The molecule has 29 heavy (non-hydrogen) atoms. The first kappa shape index (κ1) is 21.0. The fourth-order valence-corrected chi connectivity index (χ4v) is 3.77. The maximum Gasteiger partial charge on any atom is 0.319 e. The van der Waals surface area contributed by atoms with Gasteiger partial charge in [0.25, 0.3) is 0 Å².